The smallest absolute Gasteiger partial charge is 0.254 e. The standard InChI is InChI=1S/C14H20NO/c1-10(2)15(11(3)4)14(16)13-8-6-12(5)7-9-13/h6-11H,5H2,1-4H3. The lowest BCUT2D eigenvalue weighted by atomic mass is 10.1. The van der Waals surface area contributed by atoms with E-state index in [1.54, 1.807) is 0 Å². The third-order valence-corrected chi connectivity index (χ3v) is 2.55. The van der Waals surface area contributed by atoms with Crippen molar-refractivity contribution in [1.82, 2.24) is 4.90 Å². The van der Waals surface area contributed by atoms with Crippen molar-refractivity contribution in [3.05, 3.63) is 42.3 Å². The normalized spacial score (nSPS) is 10.9. The molecule has 0 unspecified atom stereocenters. The summed E-state index contributed by atoms with van der Waals surface area (Å²) < 4.78 is 0. The van der Waals surface area contributed by atoms with Crippen molar-refractivity contribution in [2.75, 3.05) is 0 Å². The van der Waals surface area contributed by atoms with Crippen LogP contribution in [0, 0.1) is 6.92 Å². The van der Waals surface area contributed by atoms with Gasteiger partial charge in [0.05, 0.1) is 0 Å². The molecule has 0 aliphatic rings. The molecule has 2 nitrogen and oxygen atoms in total. The Morgan fingerprint density at radius 1 is 1.06 bits per heavy atom. The van der Waals surface area contributed by atoms with Gasteiger partial charge in [0.1, 0.15) is 0 Å². The van der Waals surface area contributed by atoms with Gasteiger partial charge in [0.25, 0.3) is 5.91 Å². The van der Waals surface area contributed by atoms with Crippen molar-refractivity contribution < 1.29 is 4.79 Å². The number of carbonyl (C=O) groups is 1. The molecule has 0 aromatic heterocycles. The lowest BCUT2D eigenvalue weighted by Gasteiger charge is -2.30. The SMILES string of the molecule is [CH2]c1ccc(C(=O)N(C(C)C)C(C)C)cc1. The average Bonchev–Trinajstić information content (AvgIpc) is 2.17. The molecule has 0 heterocycles. The molecule has 1 aromatic rings. The summed E-state index contributed by atoms with van der Waals surface area (Å²) in [6.45, 7) is 12.0. The molecule has 16 heavy (non-hydrogen) atoms. The highest BCUT2D eigenvalue weighted by Gasteiger charge is 2.20. The van der Waals surface area contributed by atoms with Crippen LogP contribution in [0.5, 0.6) is 0 Å². The van der Waals surface area contributed by atoms with Gasteiger partial charge in [-0.3, -0.25) is 4.79 Å². The van der Waals surface area contributed by atoms with Crippen LogP contribution in [0.4, 0.5) is 0 Å². The van der Waals surface area contributed by atoms with Crippen LogP contribution in [0.2, 0.25) is 0 Å². The summed E-state index contributed by atoms with van der Waals surface area (Å²) in [5.74, 6) is 0.0880. The van der Waals surface area contributed by atoms with Crippen LogP contribution in [-0.4, -0.2) is 22.9 Å². The minimum Gasteiger partial charge on any atom is -0.334 e. The molecule has 0 fully saturated rings. The number of benzene rings is 1. The van der Waals surface area contributed by atoms with Crippen LogP contribution in [0.3, 0.4) is 0 Å². The van der Waals surface area contributed by atoms with E-state index in [9.17, 15) is 4.79 Å². The van der Waals surface area contributed by atoms with Gasteiger partial charge in [-0.1, -0.05) is 12.1 Å². The van der Waals surface area contributed by atoms with Gasteiger partial charge in [-0.2, -0.15) is 0 Å². The second kappa shape index (κ2) is 5.15. The molecule has 0 aliphatic carbocycles. The number of rotatable bonds is 3. The summed E-state index contributed by atoms with van der Waals surface area (Å²) >= 11 is 0. The Hall–Kier alpha value is -1.31. The molecule has 2 heteroatoms. The molecule has 1 amide bonds. The van der Waals surface area contributed by atoms with Gasteiger partial charge in [0.2, 0.25) is 0 Å². The zero-order valence-corrected chi connectivity index (χ0v) is 10.5. The Balaban J connectivity index is 2.95. The first kappa shape index (κ1) is 12.8. The first-order valence-corrected chi connectivity index (χ1v) is 5.68. The van der Waals surface area contributed by atoms with Crippen LogP contribution in [-0.2, 0) is 0 Å². The quantitative estimate of drug-likeness (QED) is 0.763. The molecule has 0 atom stereocenters. The maximum Gasteiger partial charge on any atom is 0.254 e. The van der Waals surface area contributed by atoms with E-state index in [-0.39, 0.29) is 18.0 Å². The fraction of sp³-hybridized carbons (Fsp3) is 0.429. The molecule has 0 saturated carbocycles. The van der Waals surface area contributed by atoms with E-state index in [1.807, 2.05) is 56.9 Å². The Bertz CT molecular complexity index is 344. The monoisotopic (exact) mass is 218 g/mol. The van der Waals surface area contributed by atoms with E-state index in [1.165, 1.54) is 0 Å². The van der Waals surface area contributed by atoms with Crippen LogP contribution in [0.25, 0.3) is 0 Å². The third kappa shape index (κ3) is 2.84. The van der Waals surface area contributed by atoms with Crippen LogP contribution >= 0.6 is 0 Å². The zero-order valence-electron chi connectivity index (χ0n) is 10.5. The largest absolute Gasteiger partial charge is 0.334 e. The molecule has 0 N–H and O–H groups in total. The molecule has 1 rings (SSSR count). The second-order valence-corrected chi connectivity index (χ2v) is 4.60. The molecule has 1 radical (unpaired) electrons. The van der Waals surface area contributed by atoms with E-state index >= 15 is 0 Å². The van der Waals surface area contributed by atoms with E-state index in [0.29, 0.717) is 0 Å². The minimum atomic E-state index is 0.0880. The van der Waals surface area contributed by atoms with Gasteiger partial charge in [-0.15, -0.1) is 0 Å². The van der Waals surface area contributed by atoms with Gasteiger partial charge in [0.15, 0.2) is 0 Å². The van der Waals surface area contributed by atoms with Crippen LogP contribution < -0.4 is 0 Å². The van der Waals surface area contributed by atoms with E-state index in [2.05, 4.69) is 6.92 Å². The predicted octanol–water partition coefficient (Wildman–Crippen LogP) is 3.13. The lowest BCUT2D eigenvalue weighted by Crippen LogP contribution is -2.42. The summed E-state index contributed by atoms with van der Waals surface area (Å²) in [5.41, 5.74) is 1.66. The predicted molar refractivity (Wildman–Crippen MR) is 67.3 cm³/mol. The Morgan fingerprint density at radius 3 is 1.88 bits per heavy atom. The second-order valence-electron chi connectivity index (χ2n) is 4.60. The summed E-state index contributed by atoms with van der Waals surface area (Å²) in [6.07, 6.45) is 0. The Kier molecular flexibility index (Phi) is 4.11. The van der Waals surface area contributed by atoms with Crippen molar-refractivity contribution in [3.63, 3.8) is 0 Å². The Morgan fingerprint density at radius 2 is 1.50 bits per heavy atom. The first-order valence-electron chi connectivity index (χ1n) is 5.68. The van der Waals surface area contributed by atoms with Gasteiger partial charge in [-0.05, 0) is 52.3 Å². The highest BCUT2D eigenvalue weighted by Crippen LogP contribution is 2.12. The number of carbonyl (C=O) groups excluding carboxylic acids is 1. The van der Waals surface area contributed by atoms with E-state index in [4.69, 9.17) is 0 Å². The van der Waals surface area contributed by atoms with Crippen LogP contribution in [0.1, 0.15) is 43.6 Å². The molecular weight excluding hydrogens is 198 g/mol. The minimum absolute atomic E-state index is 0.0880. The number of amides is 1. The van der Waals surface area contributed by atoms with Crippen molar-refractivity contribution in [2.24, 2.45) is 0 Å². The van der Waals surface area contributed by atoms with Crippen molar-refractivity contribution in [2.45, 2.75) is 39.8 Å². The third-order valence-electron chi connectivity index (χ3n) is 2.55. The molecule has 0 saturated heterocycles. The van der Waals surface area contributed by atoms with E-state index < -0.39 is 0 Å². The summed E-state index contributed by atoms with van der Waals surface area (Å²) in [5, 5.41) is 0. The van der Waals surface area contributed by atoms with Gasteiger partial charge in [0, 0.05) is 17.6 Å². The summed E-state index contributed by atoms with van der Waals surface area (Å²) in [6, 6.07) is 7.84. The molecule has 87 valence electrons. The Labute approximate surface area is 98.3 Å². The fourth-order valence-corrected chi connectivity index (χ4v) is 1.86. The molecular formula is C14H20NO. The average molecular weight is 218 g/mol. The lowest BCUT2D eigenvalue weighted by molar-refractivity contribution is 0.0644. The molecule has 0 spiro atoms. The fourth-order valence-electron chi connectivity index (χ4n) is 1.86. The maximum absolute atomic E-state index is 12.2. The summed E-state index contributed by atoms with van der Waals surface area (Å²) in [7, 11) is 0. The number of hydrogen-bond donors (Lipinski definition) is 0. The number of hydrogen-bond acceptors (Lipinski definition) is 1. The molecule has 0 bridgehead atoms. The van der Waals surface area contributed by atoms with Crippen LogP contribution in [0.15, 0.2) is 24.3 Å². The van der Waals surface area contributed by atoms with Crippen molar-refractivity contribution in [1.29, 1.82) is 0 Å². The molecule has 0 aliphatic heterocycles. The highest BCUT2D eigenvalue weighted by molar-refractivity contribution is 5.94. The van der Waals surface area contributed by atoms with Gasteiger partial charge < -0.3 is 4.90 Å². The maximum atomic E-state index is 12.2. The van der Waals surface area contributed by atoms with Crippen molar-refractivity contribution in [3.8, 4) is 0 Å². The number of nitrogens with zero attached hydrogens (tertiary/aromatic N) is 1. The zero-order chi connectivity index (χ0) is 12.3. The molecule has 1 aromatic carbocycles. The van der Waals surface area contributed by atoms with Crippen molar-refractivity contribution >= 4 is 5.91 Å². The first-order chi connectivity index (χ1) is 7.43. The highest BCUT2D eigenvalue weighted by atomic mass is 16.2. The van der Waals surface area contributed by atoms with Gasteiger partial charge >= 0.3 is 0 Å². The van der Waals surface area contributed by atoms with E-state index in [0.717, 1.165) is 11.1 Å². The summed E-state index contributed by atoms with van der Waals surface area (Å²) in [4.78, 5) is 14.1. The van der Waals surface area contributed by atoms with Gasteiger partial charge in [-0.25, -0.2) is 0 Å². The topological polar surface area (TPSA) is 20.3 Å².